The number of aliphatic imine (C=N–C) groups is 1. The van der Waals surface area contributed by atoms with Crippen molar-refractivity contribution in [1.29, 1.82) is 0 Å². The van der Waals surface area contributed by atoms with Crippen molar-refractivity contribution in [2.75, 3.05) is 19.6 Å². The highest BCUT2D eigenvalue weighted by Crippen LogP contribution is 2.24. The maximum atomic E-state index is 14.9. The minimum absolute atomic E-state index is 0.00990. The molecule has 2 heterocycles. The molecule has 0 radical (unpaired) electrons. The molecule has 17 N–H and O–H groups in total. The Hall–Kier alpha value is -6.82. The van der Waals surface area contributed by atoms with Gasteiger partial charge < -0.3 is 75.1 Å². The molecular weight excluding hydrogens is 957 g/mol. The number of nitrogens with zero attached hydrogens (tertiary/aromatic N) is 2. The van der Waals surface area contributed by atoms with Gasteiger partial charge in [0.05, 0.1) is 6.04 Å². The summed E-state index contributed by atoms with van der Waals surface area (Å²) in [7, 11) is 0. The van der Waals surface area contributed by atoms with Gasteiger partial charge in [0.15, 0.2) is 5.96 Å². The first-order chi connectivity index (χ1) is 34.9. The molecule has 0 saturated carbocycles. The number of guanidine groups is 1. The number of hydrogen-bond donors (Lipinski definition) is 13. The number of carboxylic acid groups (broad SMARTS) is 1. The molecule has 1 fully saturated rings. The minimum atomic E-state index is -1.30. The standard InChI is InChI=1S/C50H82N14O10/c1-26(2)23-33(52)43(67)58-29(7)41(65)57-30(8)42(66)59-36(18-13-21-55-50(53)54)44(68)61-37(24-31-25-56-34-16-10-9-15-32(31)34)48(72)64-22-14-19-38(64)46(70)62-39(27(3)4)47(71)60-35(17-11-12-20-51)45(69)63-40(28(5)6)49(73)74/h9-10,15-16,25-30,33,35-40,56H,11-14,17-24,51-52H2,1-8H3,(H,57,65)(H,58,67)(H,59,66)(H,60,71)(H,61,68)(H,62,70)(H,63,69)(H,73,74)(H4,53,54,55)/t29-,30-,33-,35-,36-,37-,38-,39-,40-/m0/s1. The summed E-state index contributed by atoms with van der Waals surface area (Å²) in [5, 5.41) is 29.2. The lowest BCUT2D eigenvalue weighted by molar-refractivity contribution is -0.144. The Morgan fingerprint density at radius 1 is 0.703 bits per heavy atom. The molecule has 9 atom stereocenters. The molecule has 1 aromatic heterocycles. The van der Waals surface area contributed by atoms with Crippen LogP contribution in [0.5, 0.6) is 0 Å². The van der Waals surface area contributed by atoms with Crippen LogP contribution in [0.4, 0.5) is 0 Å². The second-order valence-electron chi connectivity index (χ2n) is 20.2. The zero-order valence-electron chi connectivity index (χ0n) is 44.1. The molecule has 1 aromatic carbocycles. The van der Waals surface area contributed by atoms with Gasteiger partial charge in [-0.05, 0) is 101 Å². The molecule has 24 nitrogen and oxygen atoms in total. The van der Waals surface area contributed by atoms with Crippen LogP contribution in [-0.4, -0.2) is 148 Å². The van der Waals surface area contributed by atoms with Crippen molar-refractivity contribution in [3.8, 4) is 0 Å². The molecule has 24 heteroatoms. The first-order valence-corrected chi connectivity index (χ1v) is 25.6. The van der Waals surface area contributed by atoms with Gasteiger partial charge in [-0.15, -0.1) is 0 Å². The second-order valence-corrected chi connectivity index (χ2v) is 20.2. The zero-order chi connectivity index (χ0) is 55.4. The Bertz CT molecular complexity index is 2280. The van der Waals surface area contributed by atoms with Gasteiger partial charge in [0.25, 0.3) is 0 Å². The molecule has 0 unspecified atom stereocenters. The van der Waals surface area contributed by atoms with E-state index >= 15 is 0 Å². The molecule has 1 aliphatic rings. The Kier molecular flexibility index (Phi) is 24.7. The number of aromatic nitrogens is 1. The van der Waals surface area contributed by atoms with Gasteiger partial charge in [-0.2, -0.15) is 0 Å². The maximum Gasteiger partial charge on any atom is 0.326 e. The lowest BCUT2D eigenvalue weighted by atomic mass is 10.00. The summed E-state index contributed by atoms with van der Waals surface area (Å²) in [6.07, 6.45) is 4.01. The van der Waals surface area contributed by atoms with Crippen molar-refractivity contribution >= 4 is 70.1 Å². The Labute approximate surface area is 433 Å². The summed E-state index contributed by atoms with van der Waals surface area (Å²) >= 11 is 0. The third-order valence-electron chi connectivity index (χ3n) is 12.8. The zero-order valence-corrected chi connectivity index (χ0v) is 44.1. The van der Waals surface area contributed by atoms with Crippen LogP contribution in [0, 0.1) is 17.8 Å². The van der Waals surface area contributed by atoms with E-state index in [9.17, 15) is 48.3 Å². The van der Waals surface area contributed by atoms with E-state index < -0.39 is 119 Å². The quantitative estimate of drug-likeness (QED) is 0.0256. The van der Waals surface area contributed by atoms with Gasteiger partial charge in [0, 0.05) is 36.6 Å². The Balaban J connectivity index is 1.90. The fraction of sp³-hybridized carbons (Fsp3) is 0.640. The fourth-order valence-electron chi connectivity index (χ4n) is 8.54. The van der Waals surface area contributed by atoms with E-state index in [0.29, 0.717) is 37.8 Å². The van der Waals surface area contributed by atoms with E-state index in [1.807, 2.05) is 38.1 Å². The number of rotatable bonds is 30. The van der Waals surface area contributed by atoms with Crippen LogP contribution in [0.25, 0.3) is 10.9 Å². The number of carbonyl (C=O) groups is 9. The number of amides is 8. The number of benzene rings is 1. The number of unbranched alkanes of at least 4 members (excludes halogenated alkanes) is 1. The van der Waals surface area contributed by atoms with E-state index in [2.05, 4.69) is 47.2 Å². The monoisotopic (exact) mass is 1040 g/mol. The lowest BCUT2D eigenvalue weighted by Crippen LogP contribution is -2.60. The Morgan fingerprint density at radius 2 is 1.27 bits per heavy atom. The number of carbonyl (C=O) groups excluding carboxylic acids is 8. The molecule has 2 aromatic rings. The van der Waals surface area contributed by atoms with Crippen LogP contribution in [0.1, 0.15) is 112 Å². The summed E-state index contributed by atoms with van der Waals surface area (Å²) < 4.78 is 0. The molecule has 74 heavy (non-hydrogen) atoms. The predicted octanol–water partition coefficient (Wildman–Crippen LogP) is -0.913. The molecule has 0 spiro atoms. The van der Waals surface area contributed by atoms with Gasteiger partial charge in [-0.3, -0.25) is 43.3 Å². The number of carboxylic acids is 1. The fourth-order valence-corrected chi connectivity index (χ4v) is 8.54. The number of fused-ring (bicyclic) bond motifs is 1. The first-order valence-electron chi connectivity index (χ1n) is 25.6. The summed E-state index contributed by atoms with van der Waals surface area (Å²) in [6, 6.07) is -2.94. The summed E-state index contributed by atoms with van der Waals surface area (Å²) in [5.74, 6) is -7.62. The highest BCUT2D eigenvalue weighted by Gasteiger charge is 2.41. The van der Waals surface area contributed by atoms with Crippen molar-refractivity contribution in [1.82, 2.24) is 47.1 Å². The number of aliphatic carboxylic acids is 1. The highest BCUT2D eigenvalue weighted by atomic mass is 16.4. The lowest BCUT2D eigenvalue weighted by Gasteiger charge is -2.32. The number of para-hydroxylation sites is 1. The highest BCUT2D eigenvalue weighted by molar-refractivity contribution is 5.98. The van der Waals surface area contributed by atoms with Crippen LogP contribution in [-0.2, 0) is 49.6 Å². The van der Waals surface area contributed by atoms with Gasteiger partial charge in [0.2, 0.25) is 47.3 Å². The average molecular weight is 1040 g/mol. The minimum Gasteiger partial charge on any atom is -0.480 e. The molecule has 0 bridgehead atoms. The van der Waals surface area contributed by atoms with Gasteiger partial charge in [0.1, 0.15) is 48.3 Å². The smallest absolute Gasteiger partial charge is 0.326 e. The van der Waals surface area contributed by atoms with Gasteiger partial charge >= 0.3 is 5.97 Å². The molecule has 1 aliphatic heterocycles. The van der Waals surface area contributed by atoms with Crippen LogP contribution >= 0.6 is 0 Å². The van der Waals surface area contributed by atoms with Crippen LogP contribution < -0.4 is 60.2 Å². The maximum absolute atomic E-state index is 14.9. The van der Waals surface area contributed by atoms with Crippen molar-refractivity contribution in [3.63, 3.8) is 0 Å². The Morgan fingerprint density at radius 3 is 1.86 bits per heavy atom. The van der Waals surface area contributed by atoms with E-state index in [-0.39, 0.29) is 57.1 Å². The van der Waals surface area contributed by atoms with Crippen molar-refractivity contribution in [3.05, 3.63) is 36.0 Å². The number of nitrogens with two attached hydrogens (primary N) is 4. The number of aromatic amines is 1. The normalized spacial score (nSPS) is 16.7. The summed E-state index contributed by atoms with van der Waals surface area (Å²) in [6.45, 7) is 13.9. The molecule has 412 valence electrons. The average Bonchev–Trinajstić information content (AvgIpc) is 3.99. The number of likely N-dealkylation sites (tertiary alicyclic amines) is 1. The van der Waals surface area contributed by atoms with Gasteiger partial charge in [-0.25, -0.2) is 4.79 Å². The SMILES string of the molecule is CC(C)C[C@H](N)C(=O)N[C@@H](C)C(=O)N[C@@H](C)C(=O)N[C@@H](CCCN=C(N)N)C(=O)N[C@@H](Cc1c[nH]c2ccccc12)C(=O)N1CCC[C@H]1C(=O)N[C@H](C(=O)N[C@@H](CCCCN)C(=O)N[C@H](C(=O)O)C(C)C)C(C)C. The van der Waals surface area contributed by atoms with Crippen molar-refractivity contribution in [2.45, 2.75) is 168 Å². The van der Waals surface area contributed by atoms with E-state index in [4.69, 9.17) is 22.9 Å². The predicted molar refractivity (Wildman–Crippen MR) is 279 cm³/mol. The van der Waals surface area contributed by atoms with Gasteiger partial charge in [-0.1, -0.05) is 59.7 Å². The number of hydrogen-bond acceptors (Lipinski definition) is 12. The summed E-state index contributed by atoms with van der Waals surface area (Å²) in [5.41, 5.74) is 24.2. The van der Waals surface area contributed by atoms with E-state index in [1.54, 1.807) is 33.9 Å². The third-order valence-corrected chi connectivity index (χ3v) is 12.8. The largest absolute Gasteiger partial charge is 0.480 e. The van der Waals surface area contributed by atoms with Crippen LogP contribution in [0.3, 0.4) is 0 Å². The molecular formula is C50H82N14O10. The first kappa shape index (κ1) is 61.5. The summed E-state index contributed by atoms with van der Waals surface area (Å²) in [4.78, 5) is 131. The van der Waals surface area contributed by atoms with Crippen molar-refractivity contribution < 1.29 is 48.3 Å². The topological polar surface area (TPSA) is 394 Å². The molecule has 0 aliphatic carbocycles. The second kappa shape index (κ2) is 29.8. The number of H-pyrrole nitrogens is 1. The van der Waals surface area contributed by atoms with E-state index in [0.717, 1.165) is 10.9 Å². The third kappa shape index (κ3) is 18.9. The molecule has 3 rings (SSSR count). The van der Waals surface area contributed by atoms with Crippen LogP contribution in [0.2, 0.25) is 0 Å². The van der Waals surface area contributed by atoms with Crippen LogP contribution in [0.15, 0.2) is 35.5 Å². The molecule has 1 saturated heterocycles. The van der Waals surface area contributed by atoms with Crippen molar-refractivity contribution in [2.24, 2.45) is 45.7 Å². The molecule has 8 amide bonds. The van der Waals surface area contributed by atoms with E-state index in [1.165, 1.54) is 18.7 Å². The number of nitrogens with one attached hydrogen (secondary N) is 8.